The lowest BCUT2D eigenvalue weighted by atomic mass is 10.1. The van der Waals surface area contributed by atoms with Gasteiger partial charge >= 0.3 is 6.18 Å². The maximum absolute atomic E-state index is 12.6. The second-order valence-corrected chi connectivity index (χ2v) is 7.70. The van der Waals surface area contributed by atoms with Crippen molar-refractivity contribution in [1.82, 2.24) is 4.90 Å². The number of benzene rings is 2. The van der Waals surface area contributed by atoms with Gasteiger partial charge in [0.1, 0.15) is 0 Å². The minimum Gasteiger partial charge on any atom is -0.337 e. The summed E-state index contributed by atoms with van der Waals surface area (Å²) in [7, 11) is 1.58. The van der Waals surface area contributed by atoms with Gasteiger partial charge in [0.15, 0.2) is 0 Å². The summed E-state index contributed by atoms with van der Waals surface area (Å²) in [5.41, 5.74) is 0.863. The van der Waals surface area contributed by atoms with E-state index in [0.717, 1.165) is 17.0 Å². The molecule has 0 bridgehead atoms. The van der Waals surface area contributed by atoms with Crippen LogP contribution in [0.5, 0.6) is 0 Å². The first-order valence-electron chi connectivity index (χ1n) is 8.18. The van der Waals surface area contributed by atoms with Crippen LogP contribution in [-0.4, -0.2) is 29.0 Å². The van der Waals surface area contributed by atoms with Crippen LogP contribution < -0.4 is 5.32 Å². The van der Waals surface area contributed by atoms with E-state index >= 15 is 0 Å². The third-order valence-electron chi connectivity index (χ3n) is 4.21. The molecule has 1 unspecified atom stereocenters. The molecule has 2 amide bonds. The molecule has 1 N–H and O–H groups in total. The van der Waals surface area contributed by atoms with Crippen LogP contribution in [0.1, 0.15) is 28.4 Å². The quantitative estimate of drug-likeness (QED) is 0.839. The van der Waals surface area contributed by atoms with Gasteiger partial charge in [0.05, 0.1) is 16.5 Å². The summed E-state index contributed by atoms with van der Waals surface area (Å²) in [6.07, 6.45) is -4.39. The Bertz CT molecular complexity index is 882. The molecule has 0 saturated carbocycles. The fraction of sp³-hybridized carbons (Fsp3) is 0.263. The normalized spacial score (nSPS) is 16.5. The summed E-state index contributed by atoms with van der Waals surface area (Å²) in [4.78, 5) is 26.8. The smallest absolute Gasteiger partial charge is 0.337 e. The van der Waals surface area contributed by atoms with E-state index in [1.807, 2.05) is 0 Å². The number of carbonyl (C=O) groups excluding carboxylic acids is 2. The molecule has 1 aliphatic rings. The second kappa shape index (κ2) is 7.26. The third-order valence-corrected chi connectivity index (χ3v) is 5.38. The molecular formula is C19H17F3N2O2S. The van der Waals surface area contributed by atoms with Crippen molar-refractivity contribution in [1.29, 1.82) is 0 Å². The lowest BCUT2D eigenvalue weighted by Crippen LogP contribution is -2.28. The highest BCUT2D eigenvalue weighted by Crippen LogP contribution is 2.36. The highest BCUT2D eigenvalue weighted by atomic mass is 32.2. The highest BCUT2D eigenvalue weighted by Gasteiger charge is 2.30. The predicted octanol–water partition coefficient (Wildman–Crippen LogP) is 4.41. The zero-order valence-electron chi connectivity index (χ0n) is 14.6. The summed E-state index contributed by atoms with van der Waals surface area (Å²) in [5.74, 6) is -0.397. The Balaban J connectivity index is 1.72. The minimum absolute atomic E-state index is 0.116. The average molecular weight is 394 g/mol. The molecule has 1 heterocycles. The summed E-state index contributed by atoms with van der Waals surface area (Å²) in [6, 6.07) is 9.81. The minimum atomic E-state index is -4.39. The van der Waals surface area contributed by atoms with Crippen LogP contribution in [0.15, 0.2) is 47.4 Å². The lowest BCUT2D eigenvalue weighted by Gasteiger charge is -2.23. The number of anilines is 1. The molecule has 0 spiro atoms. The molecule has 2 aromatic rings. The van der Waals surface area contributed by atoms with Gasteiger partial charge in [-0.25, -0.2) is 0 Å². The van der Waals surface area contributed by atoms with Crippen molar-refractivity contribution in [3.8, 4) is 0 Å². The molecule has 1 atom stereocenters. The van der Waals surface area contributed by atoms with Crippen LogP contribution in [0.25, 0.3) is 0 Å². The molecule has 0 aliphatic carbocycles. The van der Waals surface area contributed by atoms with E-state index in [1.165, 1.54) is 28.8 Å². The number of alkyl halides is 3. The Morgan fingerprint density at radius 3 is 2.48 bits per heavy atom. The second-order valence-electron chi connectivity index (χ2n) is 6.32. The fourth-order valence-corrected chi connectivity index (χ4v) is 3.64. The molecule has 2 aromatic carbocycles. The van der Waals surface area contributed by atoms with Gasteiger partial charge < -0.3 is 10.2 Å². The van der Waals surface area contributed by atoms with Gasteiger partial charge in [-0.1, -0.05) is 12.1 Å². The molecule has 4 nitrogen and oxygen atoms in total. The van der Waals surface area contributed by atoms with Crippen LogP contribution in [0.4, 0.5) is 18.9 Å². The standard InChI is InChI=1S/C19H17F3N2O2S/c1-11-17(25)23-15-9-13(5-8-16(15)27-11)18(26)24(2)10-12-3-6-14(7-4-12)19(20,21)22/h3-9,11H,10H2,1-2H3,(H,23,25). The predicted molar refractivity (Wildman–Crippen MR) is 97.6 cm³/mol. The molecule has 3 rings (SSSR count). The molecule has 27 heavy (non-hydrogen) atoms. The van der Waals surface area contributed by atoms with Gasteiger partial charge in [-0.3, -0.25) is 9.59 Å². The Labute approximate surface area is 158 Å². The van der Waals surface area contributed by atoms with E-state index in [2.05, 4.69) is 5.32 Å². The molecule has 0 aromatic heterocycles. The van der Waals surface area contributed by atoms with Crippen LogP contribution in [0.3, 0.4) is 0 Å². The number of halogens is 3. The zero-order chi connectivity index (χ0) is 19.8. The summed E-state index contributed by atoms with van der Waals surface area (Å²) in [5, 5.41) is 2.58. The van der Waals surface area contributed by atoms with Gasteiger partial charge in [0, 0.05) is 24.1 Å². The Morgan fingerprint density at radius 2 is 1.85 bits per heavy atom. The first-order valence-corrected chi connectivity index (χ1v) is 9.06. The summed E-state index contributed by atoms with van der Waals surface area (Å²) >= 11 is 1.43. The van der Waals surface area contributed by atoms with Gasteiger partial charge in [-0.15, -0.1) is 11.8 Å². The first-order chi connectivity index (χ1) is 12.6. The van der Waals surface area contributed by atoms with Crippen molar-refractivity contribution in [2.24, 2.45) is 0 Å². The number of hydrogen-bond donors (Lipinski definition) is 1. The van der Waals surface area contributed by atoms with Crippen LogP contribution in [-0.2, 0) is 17.5 Å². The number of rotatable bonds is 3. The van der Waals surface area contributed by atoms with Gasteiger partial charge in [-0.05, 0) is 42.8 Å². The van der Waals surface area contributed by atoms with Crippen molar-refractivity contribution in [3.05, 3.63) is 59.2 Å². The van der Waals surface area contributed by atoms with E-state index in [9.17, 15) is 22.8 Å². The maximum Gasteiger partial charge on any atom is 0.416 e. The number of amides is 2. The molecule has 0 saturated heterocycles. The number of nitrogens with one attached hydrogen (secondary N) is 1. The number of fused-ring (bicyclic) bond motifs is 1. The number of hydrogen-bond acceptors (Lipinski definition) is 3. The van der Waals surface area contributed by atoms with E-state index in [4.69, 9.17) is 0 Å². The molecule has 0 fully saturated rings. The van der Waals surface area contributed by atoms with Crippen LogP contribution in [0.2, 0.25) is 0 Å². The van der Waals surface area contributed by atoms with Crippen molar-refractivity contribution < 1.29 is 22.8 Å². The molecule has 142 valence electrons. The maximum atomic E-state index is 12.6. The Kier molecular flexibility index (Phi) is 5.19. The topological polar surface area (TPSA) is 49.4 Å². The average Bonchev–Trinajstić information content (AvgIpc) is 2.61. The van der Waals surface area contributed by atoms with E-state index in [1.54, 1.807) is 32.2 Å². The molecule has 8 heteroatoms. The van der Waals surface area contributed by atoms with Crippen LogP contribution >= 0.6 is 11.8 Å². The SMILES string of the molecule is CC1Sc2ccc(C(=O)N(C)Cc3ccc(C(F)(F)F)cc3)cc2NC1=O. The summed E-state index contributed by atoms with van der Waals surface area (Å²) in [6.45, 7) is 1.98. The zero-order valence-corrected chi connectivity index (χ0v) is 15.4. The Hall–Kier alpha value is -2.48. The van der Waals surface area contributed by atoms with Crippen molar-refractivity contribution >= 4 is 29.3 Å². The number of nitrogens with zero attached hydrogens (tertiary/aromatic N) is 1. The fourth-order valence-electron chi connectivity index (χ4n) is 2.71. The summed E-state index contributed by atoms with van der Waals surface area (Å²) < 4.78 is 37.9. The van der Waals surface area contributed by atoms with E-state index < -0.39 is 11.7 Å². The number of thioether (sulfide) groups is 1. The van der Waals surface area contributed by atoms with Crippen molar-refractivity contribution in [2.75, 3.05) is 12.4 Å². The van der Waals surface area contributed by atoms with Gasteiger partial charge in [0.25, 0.3) is 5.91 Å². The highest BCUT2D eigenvalue weighted by molar-refractivity contribution is 8.00. The number of carbonyl (C=O) groups is 2. The van der Waals surface area contributed by atoms with E-state index in [-0.39, 0.29) is 23.6 Å². The lowest BCUT2D eigenvalue weighted by molar-refractivity contribution is -0.137. The molecule has 0 radical (unpaired) electrons. The first kappa shape index (κ1) is 19.3. The largest absolute Gasteiger partial charge is 0.416 e. The molecule has 1 aliphatic heterocycles. The third kappa shape index (κ3) is 4.27. The van der Waals surface area contributed by atoms with Crippen molar-refractivity contribution in [3.63, 3.8) is 0 Å². The van der Waals surface area contributed by atoms with E-state index in [0.29, 0.717) is 16.8 Å². The monoisotopic (exact) mass is 394 g/mol. The van der Waals surface area contributed by atoms with Crippen molar-refractivity contribution in [2.45, 2.75) is 29.8 Å². The molecular weight excluding hydrogens is 377 g/mol. The van der Waals surface area contributed by atoms with Gasteiger partial charge in [-0.2, -0.15) is 13.2 Å². The van der Waals surface area contributed by atoms with Crippen LogP contribution in [0, 0.1) is 0 Å². The van der Waals surface area contributed by atoms with Gasteiger partial charge in [0.2, 0.25) is 5.91 Å². The Morgan fingerprint density at radius 1 is 1.19 bits per heavy atom.